The molecule has 3 aromatic rings. The average molecular weight is 470 g/mol. The molecule has 176 valence electrons. The summed E-state index contributed by atoms with van der Waals surface area (Å²) >= 11 is 0. The number of alkyl halides is 3. The van der Waals surface area contributed by atoms with Crippen molar-refractivity contribution in [3.63, 3.8) is 0 Å². The number of carbonyl (C=O) groups is 2. The first-order chi connectivity index (χ1) is 16.1. The van der Waals surface area contributed by atoms with Gasteiger partial charge in [-0.25, -0.2) is 4.68 Å². The van der Waals surface area contributed by atoms with Gasteiger partial charge in [-0.1, -0.05) is 24.3 Å². The van der Waals surface area contributed by atoms with Crippen molar-refractivity contribution in [2.45, 2.75) is 13.1 Å². The van der Waals surface area contributed by atoms with Crippen molar-refractivity contribution in [1.29, 1.82) is 0 Å². The van der Waals surface area contributed by atoms with Gasteiger partial charge in [0.15, 0.2) is 5.69 Å². The standard InChI is InChI=1S/C24H21F3N4O3/c1-16-14-20(32)21(28-31(16)19-8-3-2-4-9-19)23(34)30-12-10-29(11-13-30)22(33)17-6-5-7-18(15-17)24(25,26)27/h2-9,14-15H,10-13H2,1H3. The van der Waals surface area contributed by atoms with E-state index in [1.54, 1.807) is 19.1 Å². The topological polar surface area (TPSA) is 75.5 Å². The van der Waals surface area contributed by atoms with Gasteiger partial charge in [0.25, 0.3) is 11.8 Å². The molecule has 2 aromatic carbocycles. The van der Waals surface area contributed by atoms with E-state index in [2.05, 4.69) is 5.10 Å². The number of nitrogens with zero attached hydrogens (tertiary/aromatic N) is 4. The van der Waals surface area contributed by atoms with E-state index in [4.69, 9.17) is 0 Å². The van der Waals surface area contributed by atoms with Crippen LogP contribution in [0.15, 0.2) is 65.5 Å². The zero-order chi connectivity index (χ0) is 24.5. The van der Waals surface area contributed by atoms with Crippen molar-refractivity contribution in [3.05, 3.63) is 93.4 Å². The Labute approximate surface area is 193 Å². The van der Waals surface area contributed by atoms with Crippen molar-refractivity contribution >= 4 is 11.8 Å². The van der Waals surface area contributed by atoms with Gasteiger partial charge in [0.05, 0.1) is 11.3 Å². The highest BCUT2D eigenvalue weighted by atomic mass is 19.4. The van der Waals surface area contributed by atoms with Crippen molar-refractivity contribution < 1.29 is 22.8 Å². The monoisotopic (exact) mass is 470 g/mol. The fourth-order valence-corrected chi connectivity index (χ4v) is 3.80. The molecule has 0 unspecified atom stereocenters. The quantitative estimate of drug-likeness (QED) is 0.590. The molecule has 1 saturated heterocycles. The highest BCUT2D eigenvalue weighted by molar-refractivity contribution is 5.95. The van der Waals surface area contributed by atoms with Crippen LogP contribution < -0.4 is 5.43 Å². The number of halogens is 3. The van der Waals surface area contributed by atoms with Crippen LogP contribution in [0.3, 0.4) is 0 Å². The maximum absolute atomic E-state index is 13.0. The molecule has 0 radical (unpaired) electrons. The SMILES string of the molecule is Cc1cc(=O)c(C(=O)N2CCN(C(=O)c3cccc(C(F)(F)F)c3)CC2)nn1-c1ccccc1. The van der Waals surface area contributed by atoms with Crippen LogP contribution in [0.5, 0.6) is 0 Å². The first-order valence-corrected chi connectivity index (χ1v) is 10.6. The molecule has 1 aliphatic rings. The van der Waals surface area contributed by atoms with Gasteiger partial charge in [-0.15, -0.1) is 0 Å². The van der Waals surface area contributed by atoms with E-state index in [9.17, 15) is 27.6 Å². The second-order valence-electron chi connectivity index (χ2n) is 7.91. The minimum Gasteiger partial charge on any atom is -0.335 e. The number of hydrogen-bond donors (Lipinski definition) is 0. The molecule has 1 aliphatic heterocycles. The number of rotatable bonds is 3. The smallest absolute Gasteiger partial charge is 0.335 e. The maximum atomic E-state index is 13.0. The van der Waals surface area contributed by atoms with Crippen LogP contribution >= 0.6 is 0 Å². The summed E-state index contributed by atoms with van der Waals surface area (Å²) in [7, 11) is 0. The van der Waals surface area contributed by atoms with Crippen LogP contribution in [0.2, 0.25) is 0 Å². The van der Waals surface area contributed by atoms with Gasteiger partial charge in [-0.05, 0) is 37.3 Å². The number of aromatic nitrogens is 2. The Kier molecular flexibility index (Phi) is 6.23. The van der Waals surface area contributed by atoms with E-state index in [1.165, 1.54) is 32.7 Å². The molecule has 2 amide bonds. The molecule has 0 atom stereocenters. The summed E-state index contributed by atoms with van der Waals surface area (Å²) in [6.45, 7) is 2.22. The minimum absolute atomic E-state index is 0.0689. The van der Waals surface area contributed by atoms with E-state index in [0.717, 1.165) is 12.1 Å². The van der Waals surface area contributed by atoms with Crippen LogP contribution in [0, 0.1) is 6.92 Å². The Bertz CT molecular complexity index is 1280. The van der Waals surface area contributed by atoms with E-state index in [0.29, 0.717) is 11.4 Å². The summed E-state index contributed by atoms with van der Waals surface area (Å²) in [6.07, 6.45) is -4.55. The molecule has 0 saturated carbocycles. The second-order valence-corrected chi connectivity index (χ2v) is 7.91. The number of carbonyl (C=O) groups excluding carboxylic acids is 2. The summed E-state index contributed by atoms with van der Waals surface area (Å²) in [4.78, 5) is 41.1. The third kappa shape index (κ3) is 4.70. The van der Waals surface area contributed by atoms with Gasteiger partial charge in [-0.3, -0.25) is 14.4 Å². The molecule has 10 heteroatoms. The highest BCUT2D eigenvalue weighted by Gasteiger charge is 2.32. The van der Waals surface area contributed by atoms with Crippen LogP contribution in [-0.4, -0.2) is 57.6 Å². The molecule has 34 heavy (non-hydrogen) atoms. The predicted molar refractivity (Wildman–Crippen MR) is 118 cm³/mol. The Morgan fingerprint density at radius 2 is 1.47 bits per heavy atom. The number of hydrogen-bond acceptors (Lipinski definition) is 4. The summed E-state index contributed by atoms with van der Waals surface area (Å²) in [5.41, 5.74) is -0.424. The van der Waals surface area contributed by atoms with E-state index >= 15 is 0 Å². The van der Waals surface area contributed by atoms with Crippen LogP contribution in [-0.2, 0) is 6.18 Å². The van der Waals surface area contributed by atoms with Crippen LogP contribution in [0.25, 0.3) is 5.69 Å². The van der Waals surface area contributed by atoms with Gasteiger partial charge in [-0.2, -0.15) is 18.3 Å². The van der Waals surface area contributed by atoms with Gasteiger partial charge in [0.1, 0.15) is 0 Å². The Morgan fingerprint density at radius 3 is 2.09 bits per heavy atom. The van der Waals surface area contributed by atoms with Crippen molar-refractivity contribution in [2.75, 3.05) is 26.2 Å². The minimum atomic E-state index is -4.55. The largest absolute Gasteiger partial charge is 0.416 e. The zero-order valence-corrected chi connectivity index (χ0v) is 18.2. The fourth-order valence-electron chi connectivity index (χ4n) is 3.80. The molecule has 0 bridgehead atoms. The fraction of sp³-hybridized carbons (Fsp3) is 0.250. The summed E-state index contributed by atoms with van der Waals surface area (Å²) in [6, 6.07) is 14.7. The molecule has 0 aliphatic carbocycles. The highest BCUT2D eigenvalue weighted by Crippen LogP contribution is 2.29. The van der Waals surface area contributed by atoms with Crippen LogP contribution in [0.4, 0.5) is 13.2 Å². The second kappa shape index (κ2) is 9.12. The maximum Gasteiger partial charge on any atom is 0.416 e. The third-order valence-electron chi connectivity index (χ3n) is 5.60. The van der Waals surface area contributed by atoms with E-state index < -0.39 is 29.0 Å². The van der Waals surface area contributed by atoms with Gasteiger partial charge < -0.3 is 9.80 Å². The third-order valence-corrected chi connectivity index (χ3v) is 5.60. The normalized spacial score (nSPS) is 14.2. The first-order valence-electron chi connectivity index (χ1n) is 10.6. The average Bonchev–Trinajstić information content (AvgIpc) is 2.83. The Hall–Kier alpha value is -3.95. The molecule has 2 heterocycles. The lowest BCUT2D eigenvalue weighted by Crippen LogP contribution is -2.51. The lowest BCUT2D eigenvalue weighted by Gasteiger charge is -2.34. The number of para-hydroxylation sites is 1. The number of benzene rings is 2. The summed E-state index contributed by atoms with van der Waals surface area (Å²) < 4.78 is 40.4. The number of amides is 2. The van der Waals surface area contributed by atoms with Gasteiger partial charge in [0.2, 0.25) is 5.43 Å². The Morgan fingerprint density at radius 1 is 0.853 bits per heavy atom. The molecule has 1 aromatic heterocycles. The molecular weight excluding hydrogens is 449 g/mol. The first kappa shape index (κ1) is 23.2. The van der Waals surface area contributed by atoms with E-state index in [1.807, 2.05) is 18.2 Å². The molecule has 0 spiro atoms. The molecule has 4 rings (SSSR count). The lowest BCUT2D eigenvalue weighted by atomic mass is 10.1. The molecular formula is C24H21F3N4O3. The summed E-state index contributed by atoms with van der Waals surface area (Å²) in [5.74, 6) is -1.10. The number of piperazine rings is 1. The Balaban J connectivity index is 1.48. The lowest BCUT2D eigenvalue weighted by molar-refractivity contribution is -0.137. The molecule has 7 nitrogen and oxygen atoms in total. The van der Waals surface area contributed by atoms with E-state index in [-0.39, 0.29) is 37.4 Å². The zero-order valence-electron chi connectivity index (χ0n) is 18.2. The van der Waals surface area contributed by atoms with Gasteiger partial charge >= 0.3 is 6.18 Å². The van der Waals surface area contributed by atoms with Crippen molar-refractivity contribution in [3.8, 4) is 5.69 Å². The van der Waals surface area contributed by atoms with Gasteiger partial charge in [0, 0.05) is 43.5 Å². The summed E-state index contributed by atoms with van der Waals surface area (Å²) in [5, 5.41) is 4.28. The predicted octanol–water partition coefficient (Wildman–Crippen LogP) is 3.16. The number of aryl methyl sites for hydroxylation is 1. The molecule has 0 N–H and O–H groups in total. The van der Waals surface area contributed by atoms with Crippen molar-refractivity contribution in [2.24, 2.45) is 0 Å². The van der Waals surface area contributed by atoms with Crippen LogP contribution in [0.1, 0.15) is 32.1 Å². The molecule has 1 fully saturated rings. The van der Waals surface area contributed by atoms with Crippen molar-refractivity contribution in [1.82, 2.24) is 19.6 Å².